The van der Waals surface area contributed by atoms with Crippen molar-refractivity contribution in [2.45, 2.75) is 65.0 Å². The third kappa shape index (κ3) is 3.53. The molecule has 1 unspecified atom stereocenters. The summed E-state index contributed by atoms with van der Waals surface area (Å²) in [4.78, 5) is 14.6. The van der Waals surface area contributed by atoms with Gasteiger partial charge in [0.05, 0.1) is 11.0 Å². The van der Waals surface area contributed by atoms with Crippen molar-refractivity contribution in [2.24, 2.45) is 5.41 Å². The third-order valence-corrected chi connectivity index (χ3v) is 4.68. The summed E-state index contributed by atoms with van der Waals surface area (Å²) in [5.74, 6) is -0.0871. The fourth-order valence-corrected chi connectivity index (χ4v) is 3.38. The maximum atomic E-state index is 12.0. The first-order chi connectivity index (χ1) is 9.33. The highest BCUT2D eigenvalue weighted by Gasteiger charge is 2.42. The molecular formula is C16H30N2O2. The standard InChI is InChI=1S/C16H30N2O2/c1-15(2,3)14(19)20-12-16(4)8-5-11-18(16)13-6-9-17-10-7-13/h13,17H,5-12H2,1-4H3. The van der Waals surface area contributed by atoms with Crippen LogP contribution in [0.25, 0.3) is 0 Å². The average Bonchev–Trinajstić information content (AvgIpc) is 2.78. The molecule has 2 aliphatic heterocycles. The summed E-state index contributed by atoms with van der Waals surface area (Å²) in [6, 6.07) is 0.650. The van der Waals surface area contributed by atoms with Gasteiger partial charge in [-0.25, -0.2) is 0 Å². The summed E-state index contributed by atoms with van der Waals surface area (Å²) in [7, 11) is 0. The Hall–Kier alpha value is -0.610. The number of hydrogen-bond acceptors (Lipinski definition) is 4. The minimum atomic E-state index is -0.408. The number of esters is 1. The number of rotatable bonds is 3. The predicted octanol–water partition coefficient (Wildman–Crippen LogP) is 2.18. The lowest BCUT2D eigenvalue weighted by atomic mass is 9.94. The van der Waals surface area contributed by atoms with Gasteiger partial charge in [0.1, 0.15) is 6.61 Å². The first kappa shape index (κ1) is 15.8. The molecule has 116 valence electrons. The van der Waals surface area contributed by atoms with E-state index in [-0.39, 0.29) is 11.5 Å². The van der Waals surface area contributed by atoms with Crippen LogP contribution in [0, 0.1) is 5.41 Å². The van der Waals surface area contributed by atoms with Crippen LogP contribution in [0.5, 0.6) is 0 Å². The zero-order valence-corrected chi connectivity index (χ0v) is 13.5. The van der Waals surface area contributed by atoms with Crippen molar-refractivity contribution in [1.82, 2.24) is 10.2 Å². The highest BCUT2D eigenvalue weighted by Crippen LogP contribution is 2.34. The molecule has 1 N–H and O–H groups in total. The van der Waals surface area contributed by atoms with Gasteiger partial charge in [0.2, 0.25) is 0 Å². The fraction of sp³-hybridized carbons (Fsp3) is 0.938. The van der Waals surface area contributed by atoms with Gasteiger partial charge in [-0.3, -0.25) is 9.69 Å². The minimum absolute atomic E-state index is 0.0307. The molecule has 0 saturated carbocycles. The quantitative estimate of drug-likeness (QED) is 0.806. The van der Waals surface area contributed by atoms with Crippen molar-refractivity contribution in [3.05, 3.63) is 0 Å². The van der Waals surface area contributed by atoms with Gasteiger partial charge in [-0.1, -0.05) is 0 Å². The average molecular weight is 282 g/mol. The third-order valence-electron chi connectivity index (χ3n) is 4.68. The lowest BCUT2D eigenvalue weighted by molar-refractivity contribution is -0.157. The topological polar surface area (TPSA) is 41.6 Å². The van der Waals surface area contributed by atoms with E-state index in [1.807, 2.05) is 20.8 Å². The molecule has 2 aliphatic rings. The molecule has 1 atom stereocenters. The summed E-state index contributed by atoms with van der Waals surface area (Å²) >= 11 is 0. The monoisotopic (exact) mass is 282 g/mol. The highest BCUT2D eigenvalue weighted by molar-refractivity contribution is 5.75. The molecule has 2 saturated heterocycles. The van der Waals surface area contributed by atoms with E-state index in [4.69, 9.17) is 4.74 Å². The fourth-order valence-electron chi connectivity index (χ4n) is 3.38. The van der Waals surface area contributed by atoms with Crippen LogP contribution >= 0.6 is 0 Å². The summed E-state index contributed by atoms with van der Waals surface area (Å²) in [5, 5.41) is 3.42. The second-order valence-corrected chi connectivity index (χ2v) is 7.60. The first-order valence-electron chi connectivity index (χ1n) is 7.98. The molecule has 0 radical (unpaired) electrons. The Balaban J connectivity index is 1.95. The molecule has 2 heterocycles. The van der Waals surface area contributed by atoms with Crippen LogP contribution in [0.1, 0.15) is 53.4 Å². The number of hydrogen-bond donors (Lipinski definition) is 1. The Morgan fingerprint density at radius 3 is 2.60 bits per heavy atom. The maximum absolute atomic E-state index is 12.0. The second kappa shape index (κ2) is 6.02. The summed E-state index contributed by atoms with van der Waals surface area (Å²) in [6.45, 7) is 11.9. The van der Waals surface area contributed by atoms with Gasteiger partial charge in [-0.15, -0.1) is 0 Å². The van der Waals surface area contributed by atoms with E-state index >= 15 is 0 Å². The molecule has 0 amide bonds. The number of piperidine rings is 1. The number of nitrogens with zero attached hydrogens (tertiary/aromatic N) is 1. The first-order valence-corrected chi connectivity index (χ1v) is 7.98. The second-order valence-electron chi connectivity index (χ2n) is 7.60. The van der Waals surface area contributed by atoms with Gasteiger partial charge in [0.15, 0.2) is 0 Å². The van der Waals surface area contributed by atoms with Gasteiger partial charge in [-0.2, -0.15) is 0 Å². The molecule has 0 bridgehead atoms. The van der Waals surface area contributed by atoms with Crippen molar-refractivity contribution in [1.29, 1.82) is 0 Å². The lowest BCUT2D eigenvalue weighted by Gasteiger charge is -2.42. The van der Waals surface area contributed by atoms with E-state index < -0.39 is 5.41 Å². The van der Waals surface area contributed by atoms with E-state index in [0.717, 1.165) is 26.1 Å². The Labute approximate surface area is 123 Å². The number of nitrogens with one attached hydrogen (secondary N) is 1. The number of carbonyl (C=O) groups is 1. The zero-order chi connectivity index (χ0) is 14.8. The largest absolute Gasteiger partial charge is 0.463 e. The van der Waals surface area contributed by atoms with Crippen molar-refractivity contribution >= 4 is 5.97 Å². The molecule has 2 fully saturated rings. The van der Waals surface area contributed by atoms with Gasteiger partial charge < -0.3 is 10.1 Å². The normalized spacial score (nSPS) is 29.6. The van der Waals surface area contributed by atoms with Gasteiger partial charge >= 0.3 is 5.97 Å². The Morgan fingerprint density at radius 2 is 2.00 bits per heavy atom. The van der Waals surface area contributed by atoms with Crippen LogP contribution in [0.15, 0.2) is 0 Å². The molecule has 4 heteroatoms. The molecule has 0 aromatic heterocycles. The number of carbonyl (C=O) groups excluding carboxylic acids is 1. The van der Waals surface area contributed by atoms with Gasteiger partial charge in [0.25, 0.3) is 0 Å². The predicted molar refractivity (Wildman–Crippen MR) is 80.7 cm³/mol. The van der Waals surface area contributed by atoms with Crippen LogP contribution in [0.4, 0.5) is 0 Å². The van der Waals surface area contributed by atoms with E-state index in [1.54, 1.807) is 0 Å². The van der Waals surface area contributed by atoms with Crippen molar-refractivity contribution < 1.29 is 9.53 Å². The van der Waals surface area contributed by atoms with E-state index in [2.05, 4.69) is 17.1 Å². The van der Waals surface area contributed by atoms with Crippen LogP contribution in [0.3, 0.4) is 0 Å². The summed E-state index contributed by atoms with van der Waals surface area (Å²) in [6.07, 6.45) is 4.77. The molecule has 0 spiro atoms. The highest BCUT2D eigenvalue weighted by atomic mass is 16.5. The Morgan fingerprint density at radius 1 is 1.35 bits per heavy atom. The molecule has 0 aromatic rings. The Kier molecular flexibility index (Phi) is 4.75. The van der Waals surface area contributed by atoms with Gasteiger partial charge in [-0.05, 0) is 73.0 Å². The molecule has 2 rings (SSSR count). The van der Waals surface area contributed by atoms with Crippen LogP contribution in [-0.4, -0.2) is 48.7 Å². The summed E-state index contributed by atoms with van der Waals surface area (Å²) in [5.41, 5.74) is -0.378. The molecule has 0 aromatic carbocycles. The molecule has 0 aliphatic carbocycles. The molecular weight excluding hydrogens is 252 g/mol. The maximum Gasteiger partial charge on any atom is 0.311 e. The van der Waals surface area contributed by atoms with Crippen LogP contribution in [-0.2, 0) is 9.53 Å². The van der Waals surface area contributed by atoms with Crippen LogP contribution < -0.4 is 5.32 Å². The Bertz CT molecular complexity index is 345. The van der Waals surface area contributed by atoms with Crippen molar-refractivity contribution in [3.8, 4) is 0 Å². The number of ether oxygens (including phenoxy) is 1. The van der Waals surface area contributed by atoms with E-state index in [1.165, 1.54) is 19.3 Å². The smallest absolute Gasteiger partial charge is 0.311 e. The minimum Gasteiger partial charge on any atom is -0.463 e. The van der Waals surface area contributed by atoms with Crippen molar-refractivity contribution in [3.63, 3.8) is 0 Å². The van der Waals surface area contributed by atoms with E-state index in [0.29, 0.717) is 12.6 Å². The lowest BCUT2D eigenvalue weighted by Crippen LogP contribution is -2.53. The zero-order valence-electron chi connectivity index (χ0n) is 13.5. The van der Waals surface area contributed by atoms with Crippen LogP contribution in [0.2, 0.25) is 0 Å². The number of likely N-dealkylation sites (tertiary alicyclic amines) is 1. The molecule has 4 nitrogen and oxygen atoms in total. The van der Waals surface area contributed by atoms with E-state index in [9.17, 15) is 4.79 Å². The molecule has 20 heavy (non-hydrogen) atoms. The van der Waals surface area contributed by atoms with Gasteiger partial charge in [0, 0.05) is 6.04 Å². The van der Waals surface area contributed by atoms with Crippen molar-refractivity contribution in [2.75, 3.05) is 26.2 Å². The SMILES string of the molecule is CC(C)(C)C(=O)OCC1(C)CCCN1C1CCNCC1. The summed E-state index contributed by atoms with van der Waals surface area (Å²) < 4.78 is 5.62.